The third-order valence-electron chi connectivity index (χ3n) is 3.04. The quantitative estimate of drug-likeness (QED) is 0.833. The highest BCUT2D eigenvalue weighted by atomic mass is 35.5. The SMILES string of the molecule is Nc1cc2c(cc1Oc1cncc(Cl)c1)CCC(=O)N2. The van der Waals surface area contributed by atoms with Gasteiger partial charge in [-0.15, -0.1) is 0 Å². The number of aromatic nitrogens is 1. The van der Waals surface area contributed by atoms with Crippen molar-refractivity contribution in [1.82, 2.24) is 4.98 Å². The summed E-state index contributed by atoms with van der Waals surface area (Å²) in [6, 6.07) is 5.21. The molecule has 1 aliphatic heterocycles. The zero-order chi connectivity index (χ0) is 14.1. The minimum Gasteiger partial charge on any atom is -0.454 e. The second kappa shape index (κ2) is 5.02. The van der Waals surface area contributed by atoms with Gasteiger partial charge in [-0.25, -0.2) is 0 Å². The van der Waals surface area contributed by atoms with Gasteiger partial charge in [0.2, 0.25) is 5.91 Å². The zero-order valence-corrected chi connectivity index (χ0v) is 11.3. The number of halogens is 1. The number of ether oxygens (including phenoxy) is 1. The third-order valence-corrected chi connectivity index (χ3v) is 3.25. The van der Waals surface area contributed by atoms with Gasteiger partial charge in [0.15, 0.2) is 5.75 Å². The second-order valence-corrected chi connectivity index (χ2v) is 4.97. The van der Waals surface area contributed by atoms with Crippen molar-refractivity contribution in [1.29, 1.82) is 0 Å². The fraction of sp³-hybridized carbons (Fsp3) is 0.143. The topological polar surface area (TPSA) is 77.2 Å². The Labute approximate surface area is 120 Å². The molecular weight excluding hydrogens is 278 g/mol. The number of nitrogens with zero attached hydrogens (tertiary/aromatic N) is 1. The molecule has 2 aromatic rings. The van der Waals surface area contributed by atoms with Crippen LogP contribution in [-0.2, 0) is 11.2 Å². The summed E-state index contributed by atoms with van der Waals surface area (Å²) in [4.78, 5) is 15.3. The summed E-state index contributed by atoms with van der Waals surface area (Å²) in [6.45, 7) is 0. The summed E-state index contributed by atoms with van der Waals surface area (Å²) in [5, 5.41) is 3.28. The third kappa shape index (κ3) is 2.53. The van der Waals surface area contributed by atoms with Crippen LogP contribution in [0.1, 0.15) is 12.0 Å². The van der Waals surface area contributed by atoms with E-state index in [1.807, 2.05) is 6.07 Å². The Morgan fingerprint density at radius 2 is 2.10 bits per heavy atom. The summed E-state index contributed by atoms with van der Waals surface area (Å²) >= 11 is 5.86. The van der Waals surface area contributed by atoms with Gasteiger partial charge < -0.3 is 15.8 Å². The molecular formula is C14H12ClN3O2. The molecule has 0 fully saturated rings. The molecule has 102 valence electrons. The predicted molar refractivity (Wildman–Crippen MR) is 77.1 cm³/mol. The first-order valence-electron chi connectivity index (χ1n) is 6.12. The van der Waals surface area contributed by atoms with E-state index in [-0.39, 0.29) is 5.91 Å². The molecule has 2 heterocycles. The molecule has 0 aliphatic carbocycles. The van der Waals surface area contributed by atoms with Crippen LogP contribution in [0.5, 0.6) is 11.5 Å². The number of aryl methyl sites for hydroxylation is 1. The number of carbonyl (C=O) groups is 1. The lowest BCUT2D eigenvalue weighted by atomic mass is 10.0. The molecule has 1 aromatic heterocycles. The number of hydrogen-bond acceptors (Lipinski definition) is 4. The fourth-order valence-corrected chi connectivity index (χ4v) is 2.25. The highest BCUT2D eigenvalue weighted by Crippen LogP contribution is 2.35. The van der Waals surface area contributed by atoms with Crippen LogP contribution < -0.4 is 15.8 Å². The molecule has 0 atom stereocenters. The molecule has 0 saturated heterocycles. The van der Waals surface area contributed by atoms with E-state index < -0.39 is 0 Å². The van der Waals surface area contributed by atoms with E-state index in [0.29, 0.717) is 35.1 Å². The molecule has 0 bridgehead atoms. The maximum Gasteiger partial charge on any atom is 0.224 e. The average Bonchev–Trinajstić information content (AvgIpc) is 2.40. The minimum atomic E-state index is 0.00427. The van der Waals surface area contributed by atoms with Crippen molar-refractivity contribution in [2.75, 3.05) is 11.1 Å². The molecule has 5 nitrogen and oxygen atoms in total. The largest absolute Gasteiger partial charge is 0.454 e. The van der Waals surface area contributed by atoms with Crippen LogP contribution in [0.25, 0.3) is 0 Å². The van der Waals surface area contributed by atoms with Crippen LogP contribution >= 0.6 is 11.6 Å². The van der Waals surface area contributed by atoms with Crippen LogP contribution in [-0.4, -0.2) is 10.9 Å². The molecule has 20 heavy (non-hydrogen) atoms. The van der Waals surface area contributed by atoms with E-state index in [0.717, 1.165) is 11.3 Å². The van der Waals surface area contributed by atoms with Crippen molar-refractivity contribution in [3.05, 3.63) is 41.2 Å². The van der Waals surface area contributed by atoms with Crippen molar-refractivity contribution in [2.45, 2.75) is 12.8 Å². The Morgan fingerprint density at radius 3 is 2.90 bits per heavy atom. The summed E-state index contributed by atoms with van der Waals surface area (Å²) < 4.78 is 5.70. The van der Waals surface area contributed by atoms with Crippen LogP contribution in [0.2, 0.25) is 5.02 Å². The maximum absolute atomic E-state index is 11.3. The van der Waals surface area contributed by atoms with E-state index >= 15 is 0 Å². The van der Waals surface area contributed by atoms with Crippen LogP contribution in [0, 0.1) is 0 Å². The first-order valence-corrected chi connectivity index (χ1v) is 6.50. The first kappa shape index (κ1) is 12.7. The fourth-order valence-electron chi connectivity index (χ4n) is 2.09. The molecule has 1 aromatic carbocycles. The lowest BCUT2D eigenvalue weighted by molar-refractivity contribution is -0.116. The second-order valence-electron chi connectivity index (χ2n) is 4.54. The van der Waals surface area contributed by atoms with Crippen LogP contribution in [0.4, 0.5) is 11.4 Å². The molecule has 0 spiro atoms. The Morgan fingerprint density at radius 1 is 1.25 bits per heavy atom. The minimum absolute atomic E-state index is 0.00427. The number of fused-ring (bicyclic) bond motifs is 1. The van der Waals surface area contributed by atoms with Crippen molar-refractivity contribution in [2.24, 2.45) is 0 Å². The van der Waals surface area contributed by atoms with Gasteiger partial charge >= 0.3 is 0 Å². The summed E-state index contributed by atoms with van der Waals surface area (Å²) in [7, 11) is 0. The number of hydrogen-bond donors (Lipinski definition) is 2. The van der Waals surface area contributed by atoms with Crippen LogP contribution in [0.15, 0.2) is 30.6 Å². The Kier molecular flexibility index (Phi) is 3.20. The summed E-state index contributed by atoms with van der Waals surface area (Å²) in [5.41, 5.74) is 8.15. The van der Waals surface area contributed by atoms with Gasteiger partial charge in [-0.3, -0.25) is 9.78 Å². The first-order chi connectivity index (χ1) is 9.61. The van der Waals surface area contributed by atoms with E-state index in [9.17, 15) is 4.79 Å². The van der Waals surface area contributed by atoms with E-state index in [4.69, 9.17) is 22.1 Å². The standard InChI is InChI=1S/C14H12ClN3O2/c15-9-4-10(7-17-6-9)20-13-3-8-1-2-14(19)18-12(8)5-11(13)16/h3-7H,1-2,16H2,(H,18,19). The monoisotopic (exact) mass is 289 g/mol. The Bertz CT molecular complexity index is 688. The van der Waals surface area contributed by atoms with Crippen LogP contribution in [0.3, 0.4) is 0 Å². The number of amides is 1. The van der Waals surface area contributed by atoms with E-state index in [1.54, 1.807) is 18.3 Å². The predicted octanol–water partition coefficient (Wildman–Crippen LogP) is 2.99. The number of pyridine rings is 1. The Balaban J connectivity index is 1.92. The molecule has 6 heteroatoms. The molecule has 0 unspecified atom stereocenters. The van der Waals surface area contributed by atoms with Crippen molar-refractivity contribution < 1.29 is 9.53 Å². The van der Waals surface area contributed by atoms with Gasteiger partial charge in [-0.05, 0) is 24.1 Å². The number of nitrogens with two attached hydrogens (primary N) is 1. The van der Waals surface area contributed by atoms with Crippen molar-refractivity contribution >= 4 is 28.9 Å². The number of nitrogen functional groups attached to an aromatic ring is 1. The summed E-state index contributed by atoms with van der Waals surface area (Å²) in [5.74, 6) is 1.05. The molecule has 1 aliphatic rings. The molecule has 3 N–H and O–H groups in total. The van der Waals surface area contributed by atoms with Crippen molar-refractivity contribution in [3.8, 4) is 11.5 Å². The van der Waals surface area contributed by atoms with Gasteiger partial charge in [-0.2, -0.15) is 0 Å². The smallest absolute Gasteiger partial charge is 0.224 e. The Hall–Kier alpha value is -2.27. The molecule has 0 saturated carbocycles. The number of nitrogens with one attached hydrogen (secondary N) is 1. The highest BCUT2D eigenvalue weighted by molar-refractivity contribution is 6.30. The number of rotatable bonds is 2. The van der Waals surface area contributed by atoms with E-state index in [2.05, 4.69) is 10.3 Å². The van der Waals surface area contributed by atoms with Gasteiger partial charge in [0.05, 0.1) is 16.9 Å². The number of benzene rings is 1. The molecule has 3 rings (SSSR count). The van der Waals surface area contributed by atoms with Crippen molar-refractivity contribution in [3.63, 3.8) is 0 Å². The lowest BCUT2D eigenvalue weighted by Crippen LogP contribution is -2.19. The zero-order valence-electron chi connectivity index (χ0n) is 10.5. The number of anilines is 2. The molecule has 1 amide bonds. The highest BCUT2D eigenvalue weighted by Gasteiger charge is 2.17. The number of carbonyl (C=O) groups excluding carboxylic acids is 1. The summed E-state index contributed by atoms with van der Waals surface area (Å²) in [6.07, 6.45) is 4.23. The lowest BCUT2D eigenvalue weighted by Gasteiger charge is -2.19. The average molecular weight is 290 g/mol. The van der Waals surface area contributed by atoms with Gasteiger partial charge in [0.1, 0.15) is 5.75 Å². The van der Waals surface area contributed by atoms with Gasteiger partial charge in [0, 0.05) is 24.4 Å². The van der Waals surface area contributed by atoms with Gasteiger partial charge in [0.25, 0.3) is 0 Å². The molecule has 0 radical (unpaired) electrons. The van der Waals surface area contributed by atoms with Gasteiger partial charge in [-0.1, -0.05) is 11.6 Å². The van der Waals surface area contributed by atoms with E-state index in [1.165, 1.54) is 6.20 Å². The normalized spacial score (nSPS) is 13.6. The maximum atomic E-state index is 11.3.